The Kier molecular flexibility index (Phi) is 3.11. The molecule has 4 aliphatic rings. The number of aromatic hydroxyl groups is 1. The SMILES string of the molecule is O=Cc1cc(C2CC3CCC2C3)cc(C2CC3CCC2C3)c1O. The van der Waals surface area contributed by atoms with Crippen LogP contribution in [0, 0.1) is 23.7 Å². The molecule has 0 radical (unpaired) electrons. The van der Waals surface area contributed by atoms with E-state index in [1.54, 1.807) is 0 Å². The first-order chi connectivity index (χ1) is 11.2. The van der Waals surface area contributed by atoms with Crippen LogP contribution in [-0.4, -0.2) is 11.4 Å². The summed E-state index contributed by atoms with van der Waals surface area (Å²) < 4.78 is 0. The average molecular weight is 310 g/mol. The van der Waals surface area contributed by atoms with Crippen LogP contribution in [0.15, 0.2) is 12.1 Å². The van der Waals surface area contributed by atoms with E-state index in [2.05, 4.69) is 6.07 Å². The van der Waals surface area contributed by atoms with Gasteiger partial charge >= 0.3 is 0 Å². The van der Waals surface area contributed by atoms with Crippen LogP contribution < -0.4 is 0 Å². The molecule has 0 spiro atoms. The molecule has 23 heavy (non-hydrogen) atoms. The molecule has 1 aromatic carbocycles. The molecule has 2 nitrogen and oxygen atoms in total. The second kappa shape index (κ2) is 5.09. The highest BCUT2D eigenvalue weighted by atomic mass is 16.3. The fourth-order valence-corrected chi connectivity index (χ4v) is 6.57. The van der Waals surface area contributed by atoms with Crippen molar-refractivity contribution < 1.29 is 9.90 Å². The molecule has 4 bridgehead atoms. The topological polar surface area (TPSA) is 37.3 Å². The largest absolute Gasteiger partial charge is 0.507 e. The maximum atomic E-state index is 11.5. The number of phenols is 1. The summed E-state index contributed by atoms with van der Waals surface area (Å²) in [6.45, 7) is 0. The molecule has 122 valence electrons. The van der Waals surface area contributed by atoms with Gasteiger partial charge in [0.15, 0.2) is 6.29 Å². The number of phenolic OH excluding ortho intramolecular Hbond substituents is 1. The first-order valence-corrected chi connectivity index (χ1v) is 9.55. The summed E-state index contributed by atoms with van der Waals surface area (Å²) in [4.78, 5) is 11.5. The van der Waals surface area contributed by atoms with Gasteiger partial charge in [-0.25, -0.2) is 0 Å². The molecule has 1 N–H and O–H groups in total. The molecule has 0 aromatic heterocycles. The Morgan fingerprint density at radius 2 is 1.52 bits per heavy atom. The minimum absolute atomic E-state index is 0.282. The molecule has 0 amide bonds. The fraction of sp³-hybridized carbons (Fsp3) is 0.667. The molecule has 4 aliphatic carbocycles. The summed E-state index contributed by atoms with van der Waals surface area (Å²) in [7, 11) is 0. The van der Waals surface area contributed by atoms with Gasteiger partial charge in [0.05, 0.1) is 5.56 Å². The van der Waals surface area contributed by atoms with Crippen molar-refractivity contribution in [3.8, 4) is 5.75 Å². The Morgan fingerprint density at radius 1 is 0.870 bits per heavy atom. The number of carbonyl (C=O) groups excluding carboxylic acids is 1. The summed E-state index contributed by atoms with van der Waals surface area (Å²) in [5.41, 5.74) is 2.97. The highest BCUT2D eigenvalue weighted by Crippen LogP contribution is 2.57. The molecule has 6 atom stereocenters. The maximum Gasteiger partial charge on any atom is 0.153 e. The van der Waals surface area contributed by atoms with Crippen molar-refractivity contribution in [3.05, 3.63) is 28.8 Å². The van der Waals surface area contributed by atoms with Crippen LogP contribution in [-0.2, 0) is 0 Å². The van der Waals surface area contributed by atoms with Crippen LogP contribution in [0.4, 0.5) is 0 Å². The quantitative estimate of drug-likeness (QED) is 0.797. The number of fused-ring (bicyclic) bond motifs is 4. The second-order valence-corrected chi connectivity index (χ2v) is 8.73. The summed E-state index contributed by atoms with van der Waals surface area (Å²) in [6, 6.07) is 4.28. The lowest BCUT2D eigenvalue weighted by atomic mass is 9.78. The average Bonchev–Trinajstić information content (AvgIpc) is 3.35. The third-order valence-corrected chi connectivity index (χ3v) is 7.62. The number of carbonyl (C=O) groups is 1. The smallest absolute Gasteiger partial charge is 0.153 e. The number of hydrogen-bond acceptors (Lipinski definition) is 2. The third kappa shape index (κ3) is 2.10. The molecule has 0 heterocycles. The van der Waals surface area contributed by atoms with Crippen molar-refractivity contribution in [1.82, 2.24) is 0 Å². The van der Waals surface area contributed by atoms with Crippen LogP contribution in [0.25, 0.3) is 0 Å². The van der Waals surface area contributed by atoms with Gasteiger partial charge < -0.3 is 5.11 Å². The summed E-state index contributed by atoms with van der Waals surface area (Å²) in [6.07, 6.45) is 11.5. The Labute approximate surface area is 138 Å². The number of aldehydes is 1. The first-order valence-electron chi connectivity index (χ1n) is 9.55. The molecule has 6 unspecified atom stereocenters. The predicted octanol–water partition coefficient (Wildman–Crippen LogP) is 5.01. The van der Waals surface area contributed by atoms with Gasteiger partial charge in [-0.15, -0.1) is 0 Å². The lowest BCUT2D eigenvalue weighted by Crippen LogP contribution is -2.13. The standard InChI is InChI=1S/C21H26O2/c22-11-17-9-16(18-7-12-1-3-14(18)5-12)10-20(21(17)23)19-8-13-2-4-15(19)6-13/h9-15,18-19,23H,1-8H2. The number of rotatable bonds is 3. The number of hydrogen-bond donors (Lipinski definition) is 1. The molecule has 0 aliphatic heterocycles. The Balaban J connectivity index is 1.55. The fourth-order valence-electron chi connectivity index (χ4n) is 6.57. The molecule has 4 saturated carbocycles. The van der Waals surface area contributed by atoms with E-state index in [0.29, 0.717) is 17.4 Å². The molecule has 1 aromatic rings. The van der Waals surface area contributed by atoms with Crippen LogP contribution in [0.2, 0.25) is 0 Å². The second-order valence-electron chi connectivity index (χ2n) is 8.73. The van der Waals surface area contributed by atoms with Crippen LogP contribution in [0.1, 0.15) is 84.7 Å². The van der Waals surface area contributed by atoms with Crippen LogP contribution in [0.5, 0.6) is 5.75 Å². The van der Waals surface area contributed by atoms with Crippen molar-refractivity contribution in [1.29, 1.82) is 0 Å². The lowest BCUT2D eigenvalue weighted by molar-refractivity contribution is 0.112. The molecular formula is C21H26O2. The zero-order valence-electron chi connectivity index (χ0n) is 13.7. The summed E-state index contributed by atoms with van der Waals surface area (Å²) in [5, 5.41) is 10.6. The molecule has 4 fully saturated rings. The lowest BCUT2D eigenvalue weighted by Gasteiger charge is -2.27. The van der Waals surface area contributed by atoms with Gasteiger partial charge in [-0.2, -0.15) is 0 Å². The molecule has 2 heteroatoms. The molecular weight excluding hydrogens is 284 g/mol. The minimum atomic E-state index is 0.282. The molecule has 0 saturated heterocycles. The van der Waals surface area contributed by atoms with Crippen molar-refractivity contribution in [3.63, 3.8) is 0 Å². The highest BCUT2D eigenvalue weighted by Gasteiger charge is 2.43. The van der Waals surface area contributed by atoms with E-state index >= 15 is 0 Å². The zero-order chi connectivity index (χ0) is 15.6. The molecule has 5 rings (SSSR count). The normalized spacial score (nSPS) is 40.9. The van der Waals surface area contributed by atoms with Gasteiger partial charge in [-0.1, -0.05) is 18.9 Å². The van der Waals surface area contributed by atoms with Gasteiger partial charge in [0.1, 0.15) is 5.75 Å². The number of benzene rings is 1. The van der Waals surface area contributed by atoms with E-state index in [-0.39, 0.29) is 5.75 Å². The highest BCUT2D eigenvalue weighted by molar-refractivity contribution is 5.81. The Hall–Kier alpha value is -1.31. The summed E-state index contributed by atoms with van der Waals surface area (Å²) in [5.74, 6) is 4.72. The minimum Gasteiger partial charge on any atom is -0.507 e. The van der Waals surface area contributed by atoms with Crippen molar-refractivity contribution in [2.24, 2.45) is 23.7 Å². The van der Waals surface area contributed by atoms with E-state index in [9.17, 15) is 9.90 Å². The van der Waals surface area contributed by atoms with Gasteiger partial charge in [-0.3, -0.25) is 4.79 Å². The van der Waals surface area contributed by atoms with Crippen molar-refractivity contribution in [2.75, 3.05) is 0 Å². The van der Waals surface area contributed by atoms with E-state index in [1.165, 1.54) is 56.9 Å². The van der Waals surface area contributed by atoms with Crippen molar-refractivity contribution >= 4 is 6.29 Å². The van der Waals surface area contributed by atoms with E-state index < -0.39 is 0 Å². The van der Waals surface area contributed by atoms with E-state index in [4.69, 9.17) is 0 Å². The van der Waals surface area contributed by atoms with E-state index in [0.717, 1.165) is 35.5 Å². The third-order valence-electron chi connectivity index (χ3n) is 7.62. The Morgan fingerprint density at radius 3 is 2.04 bits per heavy atom. The monoisotopic (exact) mass is 310 g/mol. The Bertz CT molecular complexity index is 649. The van der Waals surface area contributed by atoms with Gasteiger partial charge in [0.2, 0.25) is 0 Å². The predicted molar refractivity (Wildman–Crippen MR) is 89.9 cm³/mol. The van der Waals surface area contributed by atoms with Gasteiger partial charge in [0, 0.05) is 0 Å². The van der Waals surface area contributed by atoms with Crippen molar-refractivity contribution in [2.45, 2.75) is 63.2 Å². The van der Waals surface area contributed by atoms with E-state index in [1.807, 2.05) is 6.07 Å². The zero-order valence-corrected chi connectivity index (χ0v) is 13.7. The van der Waals surface area contributed by atoms with Crippen LogP contribution >= 0.6 is 0 Å². The van der Waals surface area contributed by atoms with Crippen LogP contribution in [0.3, 0.4) is 0 Å². The first kappa shape index (κ1) is 14.1. The maximum absolute atomic E-state index is 11.5. The van der Waals surface area contributed by atoms with Gasteiger partial charge in [0.25, 0.3) is 0 Å². The summed E-state index contributed by atoms with van der Waals surface area (Å²) >= 11 is 0. The van der Waals surface area contributed by atoms with Gasteiger partial charge in [-0.05, 0) is 91.2 Å².